The summed E-state index contributed by atoms with van der Waals surface area (Å²) in [6.07, 6.45) is 0. The van der Waals surface area contributed by atoms with Crippen molar-refractivity contribution >= 4 is 11.4 Å². The van der Waals surface area contributed by atoms with E-state index in [9.17, 15) is 0 Å². The molecule has 1 aromatic carbocycles. The smallest absolute Gasteiger partial charge is 0.0398 e. The average molecular weight is 265 g/mol. The van der Waals surface area contributed by atoms with Gasteiger partial charge < -0.3 is 15.5 Å². The number of piperazine rings is 1. The Kier molecular flexibility index (Phi) is 9.06. The van der Waals surface area contributed by atoms with Gasteiger partial charge in [0.05, 0.1) is 0 Å². The maximum Gasteiger partial charge on any atom is 0.0398 e. The SMILES string of the molecule is CC.CC.Cc1cc(N)ccc1N1CCN(C)CC1. The summed E-state index contributed by atoms with van der Waals surface area (Å²) < 4.78 is 0. The Balaban J connectivity index is 0.000000741. The molecule has 2 N–H and O–H groups in total. The fraction of sp³-hybridized carbons (Fsp3) is 0.625. The molecular formula is C16H31N3. The normalized spacial score (nSPS) is 14.9. The number of rotatable bonds is 1. The lowest BCUT2D eigenvalue weighted by Gasteiger charge is -2.35. The maximum absolute atomic E-state index is 5.75. The molecule has 1 saturated heterocycles. The lowest BCUT2D eigenvalue weighted by Crippen LogP contribution is -2.44. The lowest BCUT2D eigenvalue weighted by atomic mass is 10.1. The third kappa shape index (κ3) is 5.52. The second-order valence-electron chi connectivity index (χ2n) is 4.34. The minimum absolute atomic E-state index is 0.852. The molecule has 1 aliphatic heterocycles. The van der Waals surface area contributed by atoms with E-state index in [1.165, 1.54) is 11.3 Å². The van der Waals surface area contributed by atoms with Crippen LogP contribution in [0.25, 0.3) is 0 Å². The summed E-state index contributed by atoms with van der Waals surface area (Å²) in [4.78, 5) is 4.80. The number of nitrogens with zero attached hydrogens (tertiary/aromatic N) is 2. The lowest BCUT2D eigenvalue weighted by molar-refractivity contribution is 0.312. The number of benzene rings is 1. The van der Waals surface area contributed by atoms with E-state index in [1.807, 2.05) is 39.8 Å². The molecule has 1 aliphatic rings. The highest BCUT2D eigenvalue weighted by molar-refractivity contribution is 5.59. The van der Waals surface area contributed by atoms with Gasteiger partial charge in [-0.2, -0.15) is 0 Å². The molecule has 3 heteroatoms. The van der Waals surface area contributed by atoms with Gasteiger partial charge in [0.1, 0.15) is 0 Å². The predicted molar refractivity (Wildman–Crippen MR) is 88.0 cm³/mol. The van der Waals surface area contributed by atoms with Crippen LogP contribution in [0, 0.1) is 6.92 Å². The van der Waals surface area contributed by atoms with E-state index in [0.717, 1.165) is 31.9 Å². The molecule has 110 valence electrons. The molecule has 0 unspecified atom stereocenters. The van der Waals surface area contributed by atoms with Crippen LogP contribution in [0.1, 0.15) is 33.3 Å². The number of hydrogen-bond donors (Lipinski definition) is 1. The first-order valence-corrected chi connectivity index (χ1v) is 7.46. The molecule has 1 aromatic rings. The molecule has 0 saturated carbocycles. The van der Waals surface area contributed by atoms with Gasteiger partial charge in [0.2, 0.25) is 0 Å². The summed E-state index contributed by atoms with van der Waals surface area (Å²) in [5.41, 5.74) is 9.21. The Hall–Kier alpha value is -1.22. The van der Waals surface area contributed by atoms with Crippen LogP contribution in [0.3, 0.4) is 0 Å². The van der Waals surface area contributed by atoms with Gasteiger partial charge in [-0.25, -0.2) is 0 Å². The third-order valence-electron chi connectivity index (χ3n) is 3.06. The molecule has 19 heavy (non-hydrogen) atoms. The number of nitrogen functional groups attached to an aromatic ring is 1. The Morgan fingerprint density at radius 2 is 1.47 bits per heavy atom. The van der Waals surface area contributed by atoms with Gasteiger partial charge in [0.25, 0.3) is 0 Å². The Labute approximate surface area is 119 Å². The van der Waals surface area contributed by atoms with Crippen LogP contribution in [0.5, 0.6) is 0 Å². The number of hydrogen-bond acceptors (Lipinski definition) is 3. The zero-order valence-corrected chi connectivity index (χ0v) is 13.5. The molecule has 2 rings (SSSR count). The van der Waals surface area contributed by atoms with Gasteiger partial charge in [0.15, 0.2) is 0 Å². The minimum Gasteiger partial charge on any atom is -0.399 e. The first-order valence-electron chi connectivity index (χ1n) is 7.46. The number of likely N-dealkylation sites (N-methyl/N-ethyl adjacent to an activating group) is 1. The van der Waals surface area contributed by atoms with Crippen LogP contribution >= 0.6 is 0 Å². The molecule has 0 aliphatic carbocycles. The van der Waals surface area contributed by atoms with Crippen molar-refractivity contribution in [3.63, 3.8) is 0 Å². The molecular weight excluding hydrogens is 234 g/mol. The highest BCUT2D eigenvalue weighted by Gasteiger charge is 2.15. The molecule has 0 radical (unpaired) electrons. The van der Waals surface area contributed by atoms with Crippen molar-refractivity contribution in [2.75, 3.05) is 43.9 Å². The van der Waals surface area contributed by atoms with Crippen LogP contribution in [0.4, 0.5) is 11.4 Å². The quantitative estimate of drug-likeness (QED) is 0.790. The van der Waals surface area contributed by atoms with Crippen molar-refractivity contribution < 1.29 is 0 Å². The summed E-state index contributed by atoms with van der Waals surface area (Å²) in [5, 5.41) is 0. The van der Waals surface area contributed by atoms with Gasteiger partial charge in [-0.15, -0.1) is 0 Å². The fourth-order valence-corrected chi connectivity index (χ4v) is 2.08. The number of nitrogens with two attached hydrogens (primary N) is 1. The van der Waals surface area contributed by atoms with Crippen molar-refractivity contribution in [3.05, 3.63) is 23.8 Å². The Morgan fingerprint density at radius 1 is 0.947 bits per heavy atom. The molecule has 0 amide bonds. The van der Waals surface area contributed by atoms with Crippen molar-refractivity contribution in [2.45, 2.75) is 34.6 Å². The van der Waals surface area contributed by atoms with E-state index in [2.05, 4.69) is 29.8 Å². The van der Waals surface area contributed by atoms with E-state index in [1.54, 1.807) is 0 Å². The van der Waals surface area contributed by atoms with Crippen LogP contribution in [0.2, 0.25) is 0 Å². The average Bonchev–Trinajstić information content (AvgIpc) is 2.45. The largest absolute Gasteiger partial charge is 0.399 e. The summed E-state index contributed by atoms with van der Waals surface area (Å²) in [7, 11) is 2.17. The highest BCUT2D eigenvalue weighted by atomic mass is 15.2. The molecule has 0 bridgehead atoms. The Bertz CT molecular complexity index is 342. The van der Waals surface area contributed by atoms with E-state index in [-0.39, 0.29) is 0 Å². The zero-order chi connectivity index (χ0) is 14.8. The van der Waals surface area contributed by atoms with Crippen LogP contribution in [0.15, 0.2) is 18.2 Å². The van der Waals surface area contributed by atoms with Gasteiger partial charge >= 0.3 is 0 Å². The minimum atomic E-state index is 0.852. The number of anilines is 2. The van der Waals surface area contributed by atoms with E-state index in [4.69, 9.17) is 5.73 Å². The van der Waals surface area contributed by atoms with Gasteiger partial charge in [-0.3, -0.25) is 0 Å². The fourth-order valence-electron chi connectivity index (χ4n) is 2.08. The molecule has 1 fully saturated rings. The second-order valence-corrected chi connectivity index (χ2v) is 4.34. The van der Waals surface area contributed by atoms with Crippen molar-refractivity contribution in [3.8, 4) is 0 Å². The van der Waals surface area contributed by atoms with Gasteiger partial charge in [-0.1, -0.05) is 27.7 Å². The van der Waals surface area contributed by atoms with Gasteiger partial charge in [0, 0.05) is 37.6 Å². The van der Waals surface area contributed by atoms with Crippen molar-refractivity contribution in [1.29, 1.82) is 0 Å². The molecule has 0 aromatic heterocycles. The van der Waals surface area contributed by atoms with E-state index >= 15 is 0 Å². The third-order valence-corrected chi connectivity index (χ3v) is 3.06. The summed E-state index contributed by atoms with van der Waals surface area (Å²) in [6.45, 7) is 14.6. The van der Waals surface area contributed by atoms with E-state index in [0.29, 0.717) is 0 Å². The first kappa shape index (κ1) is 17.8. The van der Waals surface area contributed by atoms with Gasteiger partial charge in [-0.05, 0) is 37.7 Å². The second kappa shape index (κ2) is 9.68. The topological polar surface area (TPSA) is 32.5 Å². The Morgan fingerprint density at radius 3 is 1.95 bits per heavy atom. The van der Waals surface area contributed by atoms with Crippen LogP contribution in [-0.2, 0) is 0 Å². The van der Waals surface area contributed by atoms with Crippen molar-refractivity contribution in [2.24, 2.45) is 0 Å². The van der Waals surface area contributed by atoms with Crippen LogP contribution < -0.4 is 10.6 Å². The summed E-state index contributed by atoms with van der Waals surface area (Å²) in [5.74, 6) is 0. The molecule has 0 spiro atoms. The van der Waals surface area contributed by atoms with Crippen LogP contribution in [-0.4, -0.2) is 38.1 Å². The summed E-state index contributed by atoms with van der Waals surface area (Å²) >= 11 is 0. The standard InChI is InChI=1S/C12H19N3.2C2H6/c1-10-9-11(13)3-4-12(10)15-7-5-14(2)6-8-15;2*1-2/h3-4,9H,5-8,13H2,1-2H3;2*1-2H3. The van der Waals surface area contributed by atoms with Crippen molar-refractivity contribution in [1.82, 2.24) is 4.90 Å². The monoisotopic (exact) mass is 265 g/mol. The number of aryl methyl sites for hydroxylation is 1. The molecule has 0 atom stereocenters. The highest BCUT2D eigenvalue weighted by Crippen LogP contribution is 2.23. The predicted octanol–water partition coefficient (Wildman–Crippen LogP) is 3.38. The first-order chi connectivity index (χ1) is 9.16. The van der Waals surface area contributed by atoms with E-state index < -0.39 is 0 Å². The molecule has 1 heterocycles. The maximum atomic E-state index is 5.75. The molecule has 3 nitrogen and oxygen atoms in total. The summed E-state index contributed by atoms with van der Waals surface area (Å²) in [6, 6.07) is 6.17. The zero-order valence-electron chi connectivity index (χ0n) is 13.5.